The van der Waals surface area contributed by atoms with Crippen molar-refractivity contribution >= 4 is 17.9 Å². The van der Waals surface area contributed by atoms with Gasteiger partial charge in [-0.3, -0.25) is 4.79 Å². The van der Waals surface area contributed by atoms with E-state index in [1.807, 2.05) is 6.07 Å². The molecule has 0 saturated carbocycles. The lowest BCUT2D eigenvalue weighted by atomic mass is 10.1. The van der Waals surface area contributed by atoms with E-state index in [1.165, 1.54) is 0 Å². The van der Waals surface area contributed by atoms with Crippen molar-refractivity contribution in [1.82, 2.24) is 9.78 Å². The predicted molar refractivity (Wildman–Crippen MR) is 79.3 cm³/mol. The lowest BCUT2D eigenvalue weighted by molar-refractivity contribution is 0.112. The summed E-state index contributed by atoms with van der Waals surface area (Å²) in [5.74, 6) is -1.51. The molecule has 2 aromatic carbocycles. The zero-order valence-electron chi connectivity index (χ0n) is 11.1. The lowest BCUT2D eigenvalue weighted by Crippen LogP contribution is -1.98. The number of carbonyl (C=O) groups excluding carboxylic acids is 1. The van der Waals surface area contributed by atoms with E-state index in [0.29, 0.717) is 17.5 Å². The van der Waals surface area contributed by atoms with E-state index in [0.717, 1.165) is 22.9 Å². The minimum atomic E-state index is -0.754. The van der Waals surface area contributed by atoms with Crippen LogP contribution in [0.2, 0.25) is 5.15 Å². The molecule has 0 atom stereocenters. The van der Waals surface area contributed by atoms with Crippen LogP contribution < -0.4 is 0 Å². The van der Waals surface area contributed by atoms with Gasteiger partial charge < -0.3 is 0 Å². The summed E-state index contributed by atoms with van der Waals surface area (Å²) in [6.07, 6.45) is 0.573. The highest BCUT2D eigenvalue weighted by Crippen LogP contribution is 2.29. The van der Waals surface area contributed by atoms with Crippen LogP contribution in [0.15, 0.2) is 48.5 Å². The van der Waals surface area contributed by atoms with Crippen molar-refractivity contribution in [3.8, 4) is 16.9 Å². The maximum Gasteiger partial charge on any atom is 0.155 e. The largest absolute Gasteiger partial charge is 0.298 e. The van der Waals surface area contributed by atoms with Gasteiger partial charge in [0, 0.05) is 11.6 Å². The summed E-state index contributed by atoms with van der Waals surface area (Å²) in [4.78, 5) is 11.3. The van der Waals surface area contributed by atoms with Crippen molar-refractivity contribution in [2.45, 2.75) is 0 Å². The third-order valence-electron chi connectivity index (χ3n) is 3.12. The smallest absolute Gasteiger partial charge is 0.155 e. The van der Waals surface area contributed by atoms with Gasteiger partial charge in [-0.05, 0) is 12.1 Å². The first-order valence-corrected chi connectivity index (χ1v) is 6.73. The Labute approximate surface area is 129 Å². The van der Waals surface area contributed by atoms with Gasteiger partial charge in [-0.25, -0.2) is 13.5 Å². The van der Waals surface area contributed by atoms with Crippen LogP contribution >= 0.6 is 11.6 Å². The van der Waals surface area contributed by atoms with Crippen LogP contribution in [-0.4, -0.2) is 16.1 Å². The molecule has 6 heteroatoms. The van der Waals surface area contributed by atoms with Crippen LogP contribution in [0.1, 0.15) is 10.4 Å². The second-order valence-electron chi connectivity index (χ2n) is 4.58. The molecule has 0 spiro atoms. The molecule has 22 heavy (non-hydrogen) atoms. The fourth-order valence-corrected chi connectivity index (χ4v) is 2.43. The van der Waals surface area contributed by atoms with Crippen molar-refractivity contribution in [2.24, 2.45) is 0 Å². The molecule has 0 bridgehead atoms. The average molecular weight is 319 g/mol. The minimum absolute atomic E-state index is 0.00106. The van der Waals surface area contributed by atoms with Crippen LogP contribution in [0.5, 0.6) is 0 Å². The summed E-state index contributed by atoms with van der Waals surface area (Å²) in [6.45, 7) is 0. The molecular formula is C16H9ClF2N2O. The van der Waals surface area contributed by atoms with Crippen LogP contribution in [0.3, 0.4) is 0 Å². The first-order valence-electron chi connectivity index (χ1n) is 6.35. The summed E-state index contributed by atoms with van der Waals surface area (Å²) >= 11 is 6.14. The molecule has 3 aromatic rings. The predicted octanol–water partition coefficient (Wildman–Crippen LogP) is 4.28. The zero-order valence-corrected chi connectivity index (χ0v) is 11.9. The Balaban J connectivity index is 2.22. The van der Waals surface area contributed by atoms with E-state index in [4.69, 9.17) is 11.6 Å². The van der Waals surface area contributed by atoms with Crippen molar-refractivity contribution in [3.05, 3.63) is 70.9 Å². The van der Waals surface area contributed by atoms with Gasteiger partial charge in [-0.2, -0.15) is 5.10 Å². The molecule has 0 saturated heterocycles. The van der Waals surface area contributed by atoms with E-state index < -0.39 is 11.6 Å². The molecule has 3 rings (SSSR count). The topological polar surface area (TPSA) is 34.9 Å². The summed E-state index contributed by atoms with van der Waals surface area (Å²) in [6, 6.07) is 11.9. The molecular weight excluding hydrogens is 310 g/mol. The number of benzene rings is 2. The molecule has 1 aromatic heterocycles. The van der Waals surface area contributed by atoms with Gasteiger partial charge in [-0.1, -0.05) is 41.9 Å². The van der Waals surface area contributed by atoms with Gasteiger partial charge >= 0.3 is 0 Å². The molecule has 110 valence electrons. The second kappa shape index (κ2) is 5.69. The molecule has 0 aliphatic rings. The SMILES string of the molecule is O=Cc1c(-c2ccccc2)nn(-c2cc(F)cc(F)c2)c1Cl. The van der Waals surface area contributed by atoms with Crippen LogP contribution in [-0.2, 0) is 0 Å². The molecule has 3 nitrogen and oxygen atoms in total. The molecule has 0 aliphatic heterocycles. The van der Waals surface area contributed by atoms with E-state index >= 15 is 0 Å². The lowest BCUT2D eigenvalue weighted by Gasteiger charge is -2.03. The fourth-order valence-electron chi connectivity index (χ4n) is 2.16. The number of carbonyl (C=O) groups is 1. The number of halogens is 3. The monoisotopic (exact) mass is 318 g/mol. The summed E-state index contributed by atoms with van der Waals surface area (Å²) in [7, 11) is 0. The molecule has 0 fully saturated rings. The molecule has 0 radical (unpaired) electrons. The van der Waals surface area contributed by atoms with Crippen LogP contribution in [0.25, 0.3) is 16.9 Å². The maximum absolute atomic E-state index is 13.4. The van der Waals surface area contributed by atoms with Crippen LogP contribution in [0.4, 0.5) is 8.78 Å². The quantitative estimate of drug-likeness (QED) is 0.675. The van der Waals surface area contributed by atoms with E-state index in [2.05, 4.69) is 5.10 Å². The Morgan fingerprint density at radius 3 is 2.27 bits per heavy atom. The zero-order chi connectivity index (χ0) is 15.7. The van der Waals surface area contributed by atoms with Crippen LogP contribution in [0, 0.1) is 11.6 Å². The Kier molecular flexibility index (Phi) is 3.73. The van der Waals surface area contributed by atoms with Gasteiger partial charge in [0.1, 0.15) is 22.5 Å². The first-order chi connectivity index (χ1) is 10.6. The van der Waals surface area contributed by atoms with Crippen molar-refractivity contribution in [3.63, 3.8) is 0 Å². The van der Waals surface area contributed by atoms with Gasteiger partial charge in [-0.15, -0.1) is 0 Å². The van der Waals surface area contributed by atoms with Gasteiger partial charge in [0.15, 0.2) is 6.29 Å². The first kappa shape index (κ1) is 14.4. The van der Waals surface area contributed by atoms with E-state index in [1.54, 1.807) is 24.3 Å². The molecule has 0 N–H and O–H groups in total. The summed E-state index contributed by atoms with van der Waals surface area (Å²) < 4.78 is 27.9. The highest BCUT2D eigenvalue weighted by Gasteiger charge is 2.19. The summed E-state index contributed by atoms with van der Waals surface area (Å²) in [5.41, 5.74) is 1.30. The number of rotatable bonds is 3. The van der Waals surface area contributed by atoms with E-state index in [-0.39, 0.29) is 16.4 Å². The highest BCUT2D eigenvalue weighted by atomic mass is 35.5. The summed E-state index contributed by atoms with van der Waals surface area (Å²) in [5, 5.41) is 4.22. The van der Waals surface area contributed by atoms with Gasteiger partial charge in [0.25, 0.3) is 0 Å². The van der Waals surface area contributed by atoms with Crippen molar-refractivity contribution in [1.29, 1.82) is 0 Å². The third kappa shape index (κ3) is 2.51. The Morgan fingerprint density at radius 1 is 1.05 bits per heavy atom. The van der Waals surface area contributed by atoms with Crippen molar-refractivity contribution in [2.75, 3.05) is 0 Å². The number of hydrogen-bond donors (Lipinski definition) is 0. The second-order valence-corrected chi connectivity index (χ2v) is 4.93. The van der Waals surface area contributed by atoms with Crippen molar-refractivity contribution < 1.29 is 13.6 Å². The normalized spacial score (nSPS) is 10.7. The standard InChI is InChI=1S/C16H9ClF2N2O/c17-16-14(9-22)15(10-4-2-1-3-5-10)20-21(16)13-7-11(18)6-12(19)8-13/h1-9H. The molecule has 0 amide bonds. The molecule has 0 aliphatic carbocycles. The highest BCUT2D eigenvalue weighted by molar-refractivity contribution is 6.32. The maximum atomic E-state index is 13.4. The molecule has 1 heterocycles. The van der Waals surface area contributed by atoms with E-state index in [9.17, 15) is 13.6 Å². The number of hydrogen-bond acceptors (Lipinski definition) is 2. The minimum Gasteiger partial charge on any atom is -0.298 e. The third-order valence-corrected chi connectivity index (χ3v) is 3.48. The van der Waals surface area contributed by atoms with Gasteiger partial charge in [0.2, 0.25) is 0 Å². The molecule has 0 unspecified atom stereocenters. The Bertz CT molecular complexity index is 827. The fraction of sp³-hybridized carbons (Fsp3) is 0. The average Bonchev–Trinajstić information content (AvgIpc) is 2.84. The number of nitrogens with zero attached hydrogens (tertiary/aromatic N) is 2. The number of aromatic nitrogens is 2. The van der Waals surface area contributed by atoms with Gasteiger partial charge in [0.05, 0.1) is 11.3 Å². The Hall–Kier alpha value is -2.53. The Morgan fingerprint density at radius 2 is 1.68 bits per heavy atom. The number of aldehydes is 1.